The third kappa shape index (κ3) is 7.13. The SMILES string of the molecule is COc1ccc(CCCNC(=O)CCCC(=O)c2ccc(OC)cc2)cc1. The van der Waals surface area contributed by atoms with Gasteiger partial charge in [-0.1, -0.05) is 12.1 Å². The van der Waals surface area contributed by atoms with E-state index in [0.29, 0.717) is 31.4 Å². The zero-order valence-corrected chi connectivity index (χ0v) is 16.0. The average molecular weight is 369 g/mol. The van der Waals surface area contributed by atoms with Crippen LogP contribution in [0.15, 0.2) is 48.5 Å². The van der Waals surface area contributed by atoms with Crippen molar-refractivity contribution in [2.24, 2.45) is 0 Å². The predicted molar refractivity (Wildman–Crippen MR) is 106 cm³/mol. The number of ether oxygens (including phenoxy) is 2. The van der Waals surface area contributed by atoms with E-state index in [9.17, 15) is 9.59 Å². The number of carbonyl (C=O) groups excluding carboxylic acids is 2. The number of nitrogens with one attached hydrogen (secondary N) is 1. The van der Waals surface area contributed by atoms with Crippen LogP contribution in [0.5, 0.6) is 11.5 Å². The van der Waals surface area contributed by atoms with Crippen LogP contribution >= 0.6 is 0 Å². The highest BCUT2D eigenvalue weighted by Gasteiger charge is 2.08. The van der Waals surface area contributed by atoms with E-state index in [1.807, 2.05) is 24.3 Å². The van der Waals surface area contributed by atoms with E-state index in [4.69, 9.17) is 9.47 Å². The van der Waals surface area contributed by atoms with Gasteiger partial charge in [0.25, 0.3) is 0 Å². The molecule has 2 rings (SSSR count). The molecule has 0 spiro atoms. The summed E-state index contributed by atoms with van der Waals surface area (Å²) in [6, 6.07) is 15.0. The van der Waals surface area contributed by atoms with E-state index in [0.717, 1.165) is 24.3 Å². The molecule has 0 aliphatic carbocycles. The summed E-state index contributed by atoms with van der Waals surface area (Å²) < 4.78 is 10.2. The number of aryl methyl sites for hydroxylation is 1. The fourth-order valence-corrected chi connectivity index (χ4v) is 2.73. The fourth-order valence-electron chi connectivity index (χ4n) is 2.73. The molecule has 0 bridgehead atoms. The molecule has 5 nitrogen and oxygen atoms in total. The number of benzene rings is 2. The Morgan fingerprint density at radius 2 is 1.41 bits per heavy atom. The molecule has 2 aromatic rings. The van der Waals surface area contributed by atoms with Gasteiger partial charge in [-0.05, 0) is 61.2 Å². The third-order valence-electron chi connectivity index (χ3n) is 4.34. The van der Waals surface area contributed by atoms with Crippen LogP contribution in [-0.2, 0) is 11.2 Å². The molecule has 0 fully saturated rings. The van der Waals surface area contributed by atoms with Gasteiger partial charge in [0, 0.05) is 24.9 Å². The summed E-state index contributed by atoms with van der Waals surface area (Å²) >= 11 is 0. The highest BCUT2D eigenvalue weighted by molar-refractivity contribution is 5.96. The number of ketones is 1. The quantitative estimate of drug-likeness (QED) is 0.483. The Morgan fingerprint density at radius 3 is 2.00 bits per heavy atom. The van der Waals surface area contributed by atoms with Crippen molar-refractivity contribution in [1.82, 2.24) is 5.32 Å². The Morgan fingerprint density at radius 1 is 0.815 bits per heavy atom. The lowest BCUT2D eigenvalue weighted by atomic mass is 10.1. The molecule has 0 radical (unpaired) electrons. The van der Waals surface area contributed by atoms with Crippen molar-refractivity contribution in [3.8, 4) is 11.5 Å². The minimum atomic E-state index is -0.00716. The molecule has 0 unspecified atom stereocenters. The van der Waals surface area contributed by atoms with Crippen LogP contribution in [-0.4, -0.2) is 32.5 Å². The largest absolute Gasteiger partial charge is 0.497 e. The first kappa shape index (κ1) is 20.5. The number of carbonyl (C=O) groups is 2. The van der Waals surface area contributed by atoms with E-state index >= 15 is 0 Å². The lowest BCUT2D eigenvalue weighted by Crippen LogP contribution is -2.24. The van der Waals surface area contributed by atoms with Gasteiger partial charge in [-0.15, -0.1) is 0 Å². The minimum Gasteiger partial charge on any atom is -0.497 e. The van der Waals surface area contributed by atoms with Gasteiger partial charge >= 0.3 is 0 Å². The Kier molecular flexibility index (Phi) is 8.36. The highest BCUT2D eigenvalue weighted by atomic mass is 16.5. The first-order chi connectivity index (χ1) is 13.1. The van der Waals surface area contributed by atoms with Crippen molar-refractivity contribution in [2.75, 3.05) is 20.8 Å². The van der Waals surface area contributed by atoms with Crippen molar-refractivity contribution >= 4 is 11.7 Å². The second-order valence-electron chi connectivity index (χ2n) is 6.31. The van der Waals surface area contributed by atoms with Crippen molar-refractivity contribution in [3.05, 3.63) is 59.7 Å². The highest BCUT2D eigenvalue weighted by Crippen LogP contribution is 2.14. The van der Waals surface area contributed by atoms with Gasteiger partial charge in [0.2, 0.25) is 5.91 Å². The fraction of sp³-hybridized carbons (Fsp3) is 0.364. The number of hydrogen-bond acceptors (Lipinski definition) is 4. The first-order valence-corrected chi connectivity index (χ1v) is 9.19. The maximum absolute atomic E-state index is 12.1. The van der Waals surface area contributed by atoms with Gasteiger partial charge in [0.05, 0.1) is 14.2 Å². The van der Waals surface area contributed by atoms with Gasteiger partial charge in [0.1, 0.15) is 11.5 Å². The van der Waals surface area contributed by atoms with Crippen LogP contribution in [0.4, 0.5) is 0 Å². The van der Waals surface area contributed by atoms with Crippen LogP contribution in [0, 0.1) is 0 Å². The summed E-state index contributed by atoms with van der Waals surface area (Å²) in [6.07, 6.45) is 3.06. The van der Waals surface area contributed by atoms with E-state index in [2.05, 4.69) is 5.32 Å². The van der Waals surface area contributed by atoms with Crippen LogP contribution in [0.25, 0.3) is 0 Å². The molecule has 0 aliphatic rings. The van der Waals surface area contributed by atoms with Crippen molar-refractivity contribution in [2.45, 2.75) is 32.1 Å². The van der Waals surface area contributed by atoms with Gasteiger partial charge in [-0.3, -0.25) is 9.59 Å². The lowest BCUT2D eigenvalue weighted by molar-refractivity contribution is -0.121. The second-order valence-corrected chi connectivity index (χ2v) is 6.31. The summed E-state index contributed by atoms with van der Waals surface area (Å²) in [5.74, 6) is 1.61. The molecule has 0 heterocycles. The first-order valence-electron chi connectivity index (χ1n) is 9.19. The molecule has 144 valence electrons. The molecule has 1 N–H and O–H groups in total. The molecule has 0 atom stereocenters. The molecule has 0 saturated carbocycles. The Labute approximate surface area is 160 Å². The molecule has 5 heteroatoms. The van der Waals surface area contributed by atoms with E-state index < -0.39 is 0 Å². The van der Waals surface area contributed by atoms with Crippen molar-refractivity contribution in [1.29, 1.82) is 0 Å². The van der Waals surface area contributed by atoms with Gasteiger partial charge in [0.15, 0.2) is 5.78 Å². The van der Waals surface area contributed by atoms with Gasteiger partial charge in [-0.25, -0.2) is 0 Å². The molecule has 0 aliphatic heterocycles. The molecular formula is C22H27NO4. The molecule has 1 amide bonds. The molecule has 2 aromatic carbocycles. The summed E-state index contributed by atoms with van der Waals surface area (Å²) in [4.78, 5) is 24.0. The molecule has 27 heavy (non-hydrogen) atoms. The van der Waals surface area contributed by atoms with Crippen molar-refractivity contribution in [3.63, 3.8) is 0 Å². The average Bonchev–Trinajstić information content (AvgIpc) is 2.71. The molecule has 0 aromatic heterocycles. The lowest BCUT2D eigenvalue weighted by Gasteiger charge is -2.06. The third-order valence-corrected chi connectivity index (χ3v) is 4.34. The summed E-state index contributed by atoms with van der Waals surface area (Å²) in [6.45, 7) is 0.636. The zero-order valence-electron chi connectivity index (χ0n) is 16.0. The van der Waals surface area contributed by atoms with E-state index in [1.165, 1.54) is 5.56 Å². The normalized spacial score (nSPS) is 10.3. The van der Waals surface area contributed by atoms with Crippen LogP contribution in [0.2, 0.25) is 0 Å². The number of amides is 1. The van der Waals surface area contributed by atoms with E-state index in [-0.39, 0.29) is 11.7 Å². The zero-order chi connectivity index (χ0) is 19.5. The minimum absolute atomic E-state index is 0.00716. The van der Waals surface area contributed by atoms with Crippen LogP contribution in [0.3, 0.4) is 0 Å². The maximum atomic E-state index is 12.1. The van der Waals surface area contributed by atoms with Crippen molar-refractivity contribution < 1.29 is 19.1 Å². The molecule has 0 saturated heterocycles. The second kappa shape index (κ2) is 11.0. The number of methoxy groups -OCH3 is 2. The smallest absolute Gasteiger partial charge is 0.220 e. The topological polar surface area (TPSA) is 64.6 Å². The Bertz CT molecular complexity index is 723. The Balaban J connectivity index is 1.59. The predicted octanol–water partition coefficient (Wildman–Crippen LogP) is 3.81. The summed E-state index contributed by atoms with van der Waals surface area (Å²) in [5.41, 5.74) is 1.87. The van der Waals surface area contributed by atoms with Gasteiger partial charge < -0.3 is 14.8 Å². The summed E-state index contributed by atoms with van der Waals surface area (Å²) in [5, 5.41) is 2.91. The maximum Gasteiger partial charge on any atom is 0.220 e. The summed E-state index contributed by atoms with van der Waals surface area (Å²) in [7, 11) is 3.24. The standard InChI is InChI=1S/C22H27NO4/c1-26-19-12-8-17(9-13-19)5-4-16-23-22(25)7-3-6-21(24)18-10-14-20(27-2)15-11-18/h8-15H,3-7,16H2,1-2H3,(H,23,25). The molecular weight excluding hydrogens is 342 g/mol. The van der Waals surface area contributed by atoms with Crippen LogP contribution < -0.4 is 14.8 Å². The van der Waals surface area contributed by atoms with Gasteiger partial charge in [-0.2, -0.15) is 0 Å². The monoisotopic (exact) mass is 369 g/mol. The van der Waals surface area contributed by atoms with Crippen LogP contribution in [0.1, 0.15) is 41.6 Å². The number of Topliss-reactive ketones (excluding diaryl/α,β-unsaturated/α-hetero) is 1. The number of rotatable bonds is 11. The van der Waals surface area contributed by atoms with E-state index in [1.54, 1.807) is 38.5 Å². The number of hydrogen-bond donors (Lipinski definition) is 1. The Hall–Kier alpha value is -2.82.